The van der Waals surface area contributed by atoms with Gasteiger partial charge in [-0.25, -0.2) is 0 Å². The predicted octanol–water partition coefficient (Wildman–Crippen LogP) is 2.07. The highest BCUT2D eigenvalue weighted by atomic mass is 19.4. The molecule has 0 unspecified atom stereocenters. The van der Waals surface area contributed by atoms with Gasteiger partial charge < -0.3 is 0 Å². The van der Waals surface area contributed by atoms with E-state index in [9.17, 15) is 26.3 Å². The number of hydrogen-bond acceptors (Lipinski definition) is 0. The van der Waals surface area contributed by atoms with E-state index in [0.717, 1.165) is 0 Å². The fourth-order valence-electron chi connectivity index (χ4n) is 0.186. The molecule has 0 saturated carbocycles. The summed E-state index contributed by atoms with van der Waals surface area (Å²) in [5.41, 5.74) is 0. The van der Waals surface area contributed by atoms with Crippen LogP contribution >= 0.6 is 0 Å². The van der Waals surface area contributed by atoms with Crippen LogP contribution in [0.4, 0.5) is 26.3 Å². The van der Waals surface area contributed by atoms with E-state index in [1.807, 2.05) is 0 Å². The van der Waals surface area contributed by atoms with Crippen LogP contribution in [0.15, 0.2) is 0 Å². The molecule has 0 atom stereocenters. The zero-order valence-corrected chi connectivity index (χ0v) is 4.42. The maximum atomic E-state index is 11.1. The Bertz CT molecular complexity index is 97.1. The molecule has 7 heteroatoms. The van der Waals surface area contributed by atoms with Crippen LogP contribution in [0.1, 0.15) is 0 Å². The van der Waals surface area contributed by atoms with Gasteiger partial charge >= 0.3 is 12.4 Å². The Kier molecular flexibility index (Phi) is 2.27. The van der Waals surface area contributed by atoms with Crippen LogP contribution in [0.25, 0.3) is 0 Å². The molecular formula is C3HBF6. The van der Waals surface area contributed by atoms with Gasteiger partial charge in [0.15, 0.2) is 0 Å². The predicted molar refractivity (Wildman–Crippen MR) is 21.6 cm³/mol. The lowest BCUT2D eigenvalue weighted by Crippen LogP contribution is -2.30. The Hall–Kier alpha value is -0.355. The summed E-state index contributed by atoms with van der Waals surface area (Å²) in [6.07, 6.45) is -10.8. The minimum absolute atomic E-state index is 3.74. The average molecular weight is 162 g/mol. The van der Waals surface area contributed by atoms with E-state index in [2.05, 4.69) is 7.85 Å². The molecule has 10 heavy (non-hydrogen) atoms. The molecule has 0 N–H and O–H groups in total. The molecule has 0 nitrogen and oxygen atoms in total. The molecule has 0 aromatic rings. The average Bonchev–Trinajstić information content (AvgIpc) is 1.59. The highest BCUT2D eigenvalue weighted by Gasteiger charge is 2.52. The van der Waals surface area contributed by atoms with Crippen LogP contribution in [-0.2, 0) is 0 Å². The van der Waals surface area contributed by atoms with Crippen LogP contribution in [0.2, 0.25) is 5.82 Å². The van der Waals surface area contributed by atoms with Crippen molar-refractivity contribution in [3.63, 3.8) is 0 Å². The monoisotopic (exact) mass is 162 g/mol. The third-order valence-electron chi connectivity index (χ3n) is 0.705. The second kappa shape index (κ2) is 2.36. The normalized spacial score (nSPS) is 14.3. The first kappa shape index (κ1) is 9.64. The summed E-state index contributed by atoms with van der Waals surface area (Å²) in [5, 5.41) is 0. The molecule has 0 spiro atoms. The minimum atomic E-state index is -5.40. The van der Waals surface area contributed by atoms with Gasteiger partial charge in [-0.15, -0.1) is 0 Å². The Morgan fingerprint density at radius 3 is 1.00 bits per heavy atom. The molecule has 0 rings (SSSR count). The van der Waals surface area contributed by atoms with Crippen molar-refractivity contribution in [3.05, 3.63) is 0 Å². The topological polar surface area (TPSA) is 0 Å². The highest BCUT2D eigenvalue weighted by Crippen LogP contribution is 2.41. The van der Waals surface area contributed by atoms with Gasteiger partial charge in [0.2, 0.25) is 0 Å². The third kappa shape index (κ3) is 2.49. The zero-order chi connectivity index (χ0) is 8.58. The van der Waals surface area contributed by atoms with E-state index in [4.69, 9.17) is 0 Å². The van der Waals surface area contributed by atoms with Crippen LogP contribution in [0.3, 0.4) is 0 Å². The minimum Gasteiger partial charge on any atom is -0.171 e. The molecule has 0 amide bonds. The number of hydrogen-bond donors (Lipinski definition) is 0. The van der Waals surface area contributed by atoms with Crippen molar-refractivity contribution < 1.29 is 26.3 Å². The van der Waals surface area contributed by atoms with Crippen molar-refractivity contribution in [2.45, 2.75) is 18.2 Å². The Balaban J connectivity index is 4.23. The molecule has 0 fully saturated rings. The first-order valence-corrected chi connectivity index (χ1v) is 2.04. The highest BCUT2D eigenvalue weighted by molar-refractivity contribution is 6.12. The lowest BCUT2D eigenvalue weighted by atomic mass is 9.86. The SMILES string of the molecule is [B]C(C(F)(F)F)C(F)(F)F. The van der Waals surface area contributed by atoms with Gasteiger partial charge in [0.05, 0.1) is 7.85 Å². The quantitative estimate of drug-likeness (QED) is 0.377. The molecule has 0 heterocycles. The van der Waals surface area contributed by atoms with Crippen molar-refractivity contribution in [3.8, 4) is 0 Å². The number of alkyl halides is 6. The fraction of sp³-hybridized carbons (Fsp3) is 1.00. The summed E-state index contributed by atoms with van der Waals surface area (Å²) in [4.78, 5) is 0. The lowest BCUT2D eigenvalue weighted by Gasteiger charge is -2.18. The maximum Gasteiger partial charge on any atom is 0.392 e. The largest absolute Gasteiger partial charge is 0.392 e. The Morgan fingerprint density at radius 2 is 1.00 bits per heavy atom. The molecular weight excluding hydrogens is 161 g/mol. The molecule has 0 aliphatic carbocycles. The van der Waals surface area contributed by atoms with Gasteiger partial charge in [-0.1, -0.05) is 0 Å². The first-order valence-electron chi connectivity index (χ1n) is 2.04. The van der Waals surface area contributed by atoms with Gasteiger partial charge in [-0.2, -0.15) is 26.3 Å². The standard InChI is InChI=1S/C3HBF6/c4-1(2(5,6)7)3(8,9)10/h1H. The zero-order valence-electron chi connectivity index (χ0n) is 4.42. The van der Waals surface area contributed by atoms with Crippen molar-refractivity contribution in [1.82, 2.24) is 0 Å². The van der Waals surface area contributed by atoms with Crippen molar-refractivity contribution in [2.24, 2.45) is 0 Å². The van der Waals surface area contributed by atoms with Gasteiger partial charge in [-0.3, -0.25) is 0 Å². The van der Waals surface area contributed by atoms with E-state index in [1.54, 1.807) is 0 Å². The summed E-state index contributed by atoms with van der Waals surface area (Å²) in [5.74, 6) is -3.74. The molecule has 0 aromatic carbocycles. The second-order valence-corrected chi connectivity index (χ2v) is 1.56. The van der Waals surface area contributed by atoms with E-state index >= 15 is 0 Å². The van der Waals surface area contributed by atoms with Crippen LogP contribution in [0, 0.1) is 0 Å². The smallest absolute Gasteiger partial charge is 0.171 e. The fourth-order valence-corrected chi connectivity index (χ4v) is 0.186. The molecule has 0 aliphatic heterocycles. The van der Waals surface area contributed by atoms with E-state index in [1.165, 1.54) is 0 Å². The van der Waals surface area contributed by atoms with Gasteiger partial charge in [0.25, 0.3) is 0 Å². The first-order chi connectivity index (χ1) is 4.15. The molecule has 0 aliphatic rings. The molecule has 0 saturated heterocycles. The van der Waals surface area contributed by atoms with Crippen molar-refractivity contribution >= 4 is 7.85 Å². The van der Waals surface area contributed by atoms with E-state index in [-0.39, 0.29) is 0 Å². The Morgan fingerprint density at radius 1 is 0.800 bits per heavy atom. The molecule has 58 valence electrons. The van der Waals surface area contributed by atoms with Crippen LogP contribution < -0.4 is 0 Å². The Labute approximate surface area is 53.6 Å². The van der Waals surface area contributed by atoms with E-state index < -0.39 is 18.2 Å². The maximum absolute atomic E-state index is 11.1. The van der Waals surface area contributed by atoms with Gasteiger partial charge in [0.1, 0.15) is 5.82 Å². The van der Waals surface area contributed by atoms with E-state index in [0.29, 0.717) is 0 Å². The summed E-state index contributed by atoms with van der Waals surface area (Å²) in [7, 11) is 3.78. The molecule has 0 aromatic heterocycles. The summed E-state index contributed by atoms with van der Waals surface area (Å²) in [6, 6.07) is 0. The summed E-state index contributed by atoms with van der Waals surface area (Å²) >= 11 is 0. The lowest BCUT2D eigenvalue weighted by molar-refractivity contribution is -0.230. The van der Waals surface area contributed by atoms with Crippen molar-refractivity contribution in [2.75, 3.05) is 0 Å². The summed E-state index contributed by atoms with van der Waals surface area (Å²) < 4.78 is 66.6. The van der Waals surface area contributed by atoms with Gasteiger partial charge in [-0.05, 0) is 0 Å². The molecule has 2 radical (unpaired) electrons. The molecule has 0 bridgehead atoms. The number of rotatable bonds is 0. The summed E-state index contributed by atoms with van der Waals surface area (Å²) in [6.45, 7) is 0. The van der Waals surface area contributed by atoms with Crippen molar-refractivity contribution in [1.29, 1.82) is 0 Å². The van der Waals surface area contributed by atoms with Crippen LogP contribution in [-0.4, -0.2) is 20.2 Å². The number of halogens is 6. The van der Waals surface area contributed by atoms with Gasteiger partial charge in [0, 0.05) is 0 Å². The third-order valence-corrected chi connectivity index (χ3v) is 0.705. The second-order valence-electron chi connectivity index (χ2n) is 1.56. The van der Waals surface area contributed by atoms with Crippen LogP contribution in [0.5, 0.6) is 0 Å².